The normalized spacial score (nSPS) is 10.9. The van der Waals surface area contributed by atoms with Gasteiger partial charge in [0, 0.05) is 25.7 Å². The second-order valence-electron chi connectivity index (χ2n) is 8.22. The van der Waals surface area contributed by atoms with E-state index in [0.717, 1.165) is 35.5 Å². The van der Waals surface area contributed by atoms with Gasteiger partial charge in [-0.25, -0.2) is 0 Å². The number of hydrogen-bond acceptors (Lipinski definition) is 3. The lowest BCUT2D eigenvalue weighted by Crippen LogP contribution is -2.26. The molecule has 0 atom stereocenters. The van der Waals surface area contributed by atoms with Gasteiger partial charge in [-0.2, -0.15) is 0 Å². The van der Waals surface area contributed by atoms with Gasteiger partial charge in [-0.05, 0) is 69.9 Å². The van der Waals surface area contributed by atoms with Crippen LogP contribution in [0.4, 0.5) is 0 Å². The zero-order valence-corrected chi connectivity index (χ0v) is 19.5. The van der Waals surface area contributed by atoms with E-state index in [1.165, 1.54) is 16.3 Å². The Bertz CT molecular complexity index is 1230. The minimum Gasteiger partial charge on any atom is -0.497 e. The molecule has 33 heavy (non-hydrogen) atoms. The standard InChI is InChI=1S/C29H30N2O2/c1-4-30-19-21-8-17-28-25(18-21)6-5-7-26(28)20-31(2)29(32)24-11-9-22(10-12-24)23-13-15-27(33-3)16-14-23/h5-18,30H,4,19-20H2,1-3H3. The number of benzene rings is 4. The van der Waals surface area contributed by atoms with E-state index in [-0.39, 0.29) is 5.91 Å². The van der Waals surface area contributed by atoms with Crippen LogP contribution >= 0.6 is 0 Å². The first-order valence-electron chi connectivity index (χ1n) is 11.3. The third-order valence-corrected chi connectivity index (χ3v) is 5.92. The molecular formula is C29H30N2O2. The summed E-state index contributed by atoms with van der Waals surface area (Å²) < 4.78 is 5.23. The quantitative estimate of drug-likeness (QED) is 0.373. The number of hydrogen-bond donors (Lipinski definition) is 1. The number of methoxy groups -OCH3 is 1. The monoisotopic (exact) mass is 438 g/mol. The van der Waals surface area contributed by atoms with Crippen molar-refractivity contribution < 1.29 is 9.53 Å². The zero-order chi connectivity index (χ0) is 23.2. The second kappa shape index (κ2) is 10.3. The highest BCUT2D eigenvalue weighted by Gasteiger charge is 2.14. The van der Waals surface area contributed by atoms with Gasteiger partial charge in [-0.3, -0.25) is 4.79 Å². The molecule has 0 fully saturated rings. The maximum Gasteiger partial charge on any atom is 0.253 e. The van der Waals surface area contributed by atoms with E-state index < -0.39 is 0 Å². The number of fused-ring (bicyclic) bond motifs is 1. The van der Waals surface area contributed by atoms with Gasteiger partial charge in [0.25, 0.3) is 5.91 Å². The van der Waals surface area contributed by atoms with Crippen molar-refractivity contribution in [1.82, 2.24) is 10.2 Å². The van der Waals surface area contributed by atoms with Gasteiger partial charge >= 0.3 is 0 Å². The Kier molecular flexibility index (Phi) is 7.06. The maximum absolute atomic E-state index is 13.1. The van der Waals surface area contributed by atoms with E-state index in [4.69, 9.17) is 4.74 Å². The largest absolute Gasteiger partial charge is 0.497 e. The molecule has 0 aliphatic carbocycles. The first-order chi connectivity index (χ1) is 16.1. The topological polar surface area (TPSA) is 41.6 Å². The molecule has 168 valence electrons. The molecule has 1 amide bonds. The van der Waals surface area contributed by atoms with Crippen LogP contribution in [-0.2, 0) is 13.1 Å². The van der Waals surface area contributed by atoms with Crippen molar-refractivity contribution in [2.45, 2.75) is 20.0 Å². The van der Waals surface area contributed by atoms with E-state index >= 15 is 0 Å². The lowest BCUT2D eigenvalue weighted by molar-refractivity contribution is 0.0785. The zero-order valence-electron chi connectivity index (χ0n) is 19.5. The molecule has 4 aromatic rings. The number of ether oxygens (including phenoxy) is 1. The summed E-state index contributed by atoms with van der Waals surface area (Å²) in [4.78, 5) is 14.9. The van der Waals surface area contributed by atoms with Crippen molar-refractivity contribution in [1.29, 1.82) is 0 Å². The summed E-state index contributed by atoms with van der Waals surface area (Å²) in [6.45, 7) is 4.48. The van der Waals surface area contributed by atoms with Gasteiger partial charge in [-0.15, -0.1) is 0 Å². The lowest BCUT2D eigenvalue weighted by Gasteiger charge is -2.19. The van der Waals surface area contributed by atoms with Crippen molar-refractivity contribution in [3.63, 3.8) is 0 Å². The third-order valence-electron chi connectivity index (χ3n) is 5.92. The first kappa shape index (κ1) is 22.6. The number of nitrogens with one attached hydrogen (secondary N) is 1. The summed E-state index contributed by atoms with van der Waals surface area (Å²) in [5.74, 6) is 0.839. The SMILES string of the molecule is CCNCc1ccc2c(CN(C)C(=O)c3ccc(-c4ccc(OC)cc4)cc3)cccc2c1. The Morgan fingerprint density at radius 2 is 1.61 bits per heavy atom. The fourth-order valence-corrected chi connectivity index (χ4v) is 4.05. The van der Waals surface area contributed by atoms with Gasteiger partial charge in [0.2, 0.25) is 0 Å². The van der Waals surface area contributed by atoms with E-state index in [1.54, 1.807) is 12.0 Å². The Balaban J connectivity index is 1.48. The molecule has 0 bridgehead atoms. The summed E-state index contributed by atoms with van der Waals surface area (Å²) in [7, 11) is 3.52. The van der Waals surface area contributed by atoms with E-state index in [0.29, 0.717) is 12.1 Å². The maximum atomic E-state index is 13.1. The van der Waals surface area contributed by atoms with Crippen LogP contribution in [-0.4, -0.2) is 31.5 Å². The molecule has 0 spiro atoms. The van der Waals surface area contributed by atoms with Crippen molar-refractivity contribution in [3.05, 3.63) is 102 Å². The van der Waals surface area contributed by atoms with Crippen molar-refractivity contribution in [3.8, 4) is 16.9 Å². The molecule has 0 radical (unpaired) electrons. The van der Waals surface area contributed by atoms with Crippen molar-refractivity contribution in [2.75, 3.05) is 20.7 Å². The fourth-order valence-electron chi connectivity index (χ4n) is 4.05. The molecule has 1 N–H and O–H groups in total. The molecule has 0 saturated carbocycles. The molecule has 0 aliphatic rings. The molecule has 4 rings (SSSR count). The van der Waals surface area contributed by atoms with Gasteiger partial charge in [0.05, 0.1) is 7.11 Å². The third kappa shape index (κ3) is 5.24. The molecule has 0 unspecified atom stereocenters. The van der Waals surface area contributed by atoms with Crippen LogP contribution in [0.25, 0.3) is 21.9 Å². The first-order valence-corrected chi connectivity index (χ1v) is 11.3. The number of carbonyl (C=O) groups is 1. The van der Waals surface area contributed by atoms with E-state index in [9.17, 15) is 4.79 Å². The average Bonchev–Trinajstić information content (AvgIpc) is 2.87. The van der Waals surface area contributed by atoms with Crippen LogP contribution in [0.1, 0.15) is 28.4 Å². The predicted octanol–water partition coefficient (Wildman–Crippen LogP) is 5.90. The molecule has 0 heterocycles. The summed E-state index contributed by atoms with van der Waals surface area (Å²) in [5, 5.41) is 5.76. The highest BCUT2D eigenvalue weighted by atomic mass is 16.5. The molecule has 4 heteroatoms. The number of rotatable bonds is 8. The Hall–Kier alpha value is -3.63. The van der Waals surface area contributed by atoms with Gasteiger partial charge in [0.1, 0.15) is 5.75 Å². The van der Waals surface area contributed by atoms with Gasteiger partial charge < -0.3 is 15.0 Å². The van der Waals surface area contributed by atoms with E-state index in [2.05, 4.69) is 48.6 Å². The summed E-state index contributed by atoms with van der Waals surface area (Å²) >= 11 is 0. The highest BCUT2D eigenvalue weighted by molar-refractivity contribution is 5.95. The highest BCUT2D eigenvalue weighted by Crippen LogP contribution is 2.24. The van der Waals surface area contributed by atoms with Crippen LogP contribution in [0.5, 0.6) is 5.75 Å². The smallest absolute Gasteiger partial charge is 0.253 e. The summed E-state index contributed by atoms with van der Waals surface area (Å²) in [6.07, 6.45) is 0. The van der Waals surface area contributed by atoms with Crippen LogP contribution in [0.2, 0.25) is 0 Å². The summed E-state index contributed by atoms with van der Waals surface area (Å²) in [5.41, 5.74) is 5.26. The predicted molar refractivity (Wildman–Crippen MR) is 136 cm³/mol. The number of amides is 1. The minimum absolute atomic E-state index is 0.0112. The number of carbonyl (C=O) groups excluding carboxylic acids is 1. The average molecular weight is 439 g/mol. The van der Waals surface area contributed by atoms with Gasteiger partial charge in [-0.1, -0.05) is 61.5 Å². The molecule has 4 aromatic carbocycles. The molecule has 4 nitrogen and oxygen atoms in total. The van der Waals surface area contributed by atoms with Crippen molar-refractivity contribution >= 4 is 16.7 Å². The molecule has 0 saturated heterocycles. The Morgan fingerprint density at radius 3 is 2.27 bits per heavy atom. The molecule has 0 aliphatic heterocycles. The van der Waals surface area contributed by atoms with Crippen LogP contribution in [0.3, 0.4) is 0 Å². The van der Waals surface area contributed by atoms with Crippen LogP contribution in [0.15, 0.2) is 84.9 Å². The van der Waals surface area contributed by atoms with Crippen molar-refractivity contribution in [2.24, 2.45) is 0 Å². The Morgan fingerprint density at radius 1 is 0.909 bits per heavy atom. The fraction of sp³-hybridized carbons (Fsp3) is 0.207. The summed E-state index contributed by atoms with van der Waals surface area (Å²) in [6, 6.07) is 28.5. The molecular weight excluding hydrogens is 408 g/mol. The molecule has 0 aromatic heterocycles. The number of nitrogens with zero attached hydrogens (tertiary/aromatic N) is 1. The van der Waals surface area contributed by atoms with E-state index in [1.807, 2.05) is 55.6 Å². The van der Waals surface area contributed by atoms with Crippen LogP contribution < -0.4 is 10.1 Å². The van der Waals surface area contributed by atoms with Gasteiger partial charge in [0.15, 0.2) is 0 Å². The Labute approximate surface area is 195 Å². The minimum atomic E-state index is 0.0112. The second-order valence-corrected chi connectivity index (χ2v) is 8.22. The van der Waals surface area contributed by atoms with Crippen LogP contribution in [0, 0.1) is 0 Å². The lowest BCUT2D eigenvalue weighted by atomic mass is 10.0.